The molecule has 7 heteroatoms. The first kappa shape index (κ1) is 25.2. The molecule has 0 saturated carbocycles. The van der Waals surface area contributed by atoms with Gasteiger partial charge in [0, 0.05) is 3.57 Å². The second-order valence-electron chi connectivity index (χ2n) is 7.58. The van der Waals surface area contributed by atoms with Gasteiger partial charge in [-0.05, 0) is 106 Å². The molecule has 33 heavy (non-hydrogen) atoms. The zero-order chi connectivity index (χ0) is 23.8. The monoisotopic (exact) mass is 620 g/mol. The molecular formula is C26H26BrIN2O3. The van der Waals surface area contributed by atoms with Crippen molar-refractivity contribution in [3.63, 3.8) is 0 Å². The number of hydrogen-bond donors (Lipinski definition) is 1. The molecule has 0 saturated heterocycles. The Morgan fingerprint density at radius 3 is 2.55 bits per heavy atom. The minimum Gasteiger partial charge on any atom is -0.490 e. The largest absolute Gasteiger partial charge is 0.490 e. The molecule has 3 aromatic carbocycles. The Balaban J connectivity index is 1.66. The van der Waals surface area contributed by atoms with Crippen molar-refractivity contribution in [2.75, 3.05) is 6.61 Å². The van der Waals surface area contributed by atoms with Gasteiger partial charge in [-0.15, -0.1) is 0 Å². The van der Waals surface area contributed by atoms with Gasteiger partial charge in [-0.25, -0.2) is 5.43 Å². The van der Waals surface area contributed by atoms with E-state index in [2.05, 4.69) is 55.1 Å². The highest BCUT2D eigenvalue weighted by Gasteiger charge is 2.12. The van der Waals surface area contributed by atoms with Crippen LogP contribution in [-0.2, 0) is 17.8 Å². The van der Waals surface area contributed by atoms with Crippen molar-refractivity contribution in [2.45, 2.75) is 33.8 Å². The molecule has 0 aromatic heterocycles. The molecule has 0 spiro atoms. The summed E-state index contributed by atoms with van der Waals surface area (Å²) in [5.41, 5.74) is 7.71. The molecule has 0 aliphatic heterocycles. The van der Waals surface area contributed by atoms with Crippen molar-refractivity contribution >= 4 is 50.6 Å². The standard InChI is InChI=1S/C26H26BrIN2O3/c1-4-32-24-13-20(12-23(27)26(24)33-16-19-6-9-22(28)10-7-19)15-29-30-25(31)14-21-8-5-17(2)11-18(21)3/h5-13,15H,4,14,16H2,1-3H3,(H,30,31)/b29-15+. The third-order valence-electron chi connectivity index (χ3n) is 4.88. The van der Waals surface area contributed by atoms with Gasteiger partial charge in [-0.2, -0.15) is 5.10 Å². The quantitative estimate of drug-likeness (QED) is 0.173. The van der Waals surface area contributed by atoms with E-state index < -0.39 is 0 Å². The topological polar surface area (TPSA) is 59.9 Å². The first-order valence-electron chi connectivity index (χ1n) is 10.6. The van der Waals surface area contributed by atoms with Crippen LogP contribution in [0.15, 0.2) is 64.2 Å². The second-order valence-corrected chi connectivity index (χ2v) is 9.68. The SMILES string of the molecule is CCOc1cc(/C=N/NC(=O)Cc2ccc(C)cc2C)cc(Br)c1OCc1ccc(I)cc1. The molecule has 0 unspecified atom stereocenters. The summed E-state index contributed by atoms with van der Waals surface area (Å²) < 4.78 is 13.8. The Kier molecular flexibility index (Phi) is 9.31. The number of nitrogens with zero attached hydrogens (tertiary/aromatic N) is 1. The smallest absolute Gasteiger partial charge is 0.244 e. The van der Waals surface area contributed by atoms with E-state index in [9.17, 15) is 4.79 Å². The molecular weight excluding hydrogens is 595 g/mol. The van der Waals surface area contributed by atoms with Crippen molar-refractivity contribution in [1.29, 1.82) is 0 Å². The molecule has 0 bridgehead atoms. The van der Waals surface area contributed by atoms with Gasteiger partial charge in [-0.1, -0.05) is 35.9 Å². The highest BCUT2D eigenvalue weighted by molar-refractivity contribution is 14.1. The van der Waals surface area contributed by atoms with E-state index in [-0.39, 0.29) is 12.3 Å². The van der Waals surface area contributed by atoms with E-state index in [1.807, 2.05) is 69.3 Å². The number of halogens is 2. The second kappa shape index (κ2) is 12.2. The maximum Gasteiger partial charge on any atom is 0.244 e. The van der Waals surface area contributed by atoms with Gasteiger partial charge in [0.15, 0.2) is 11.5 Å². The number of hydrogen-bond acceptors (Lipinski definition) is 4. The average Bonchev–Trinajstić information content (AvgIpc) is 2.76. The van der Waals surface area contributed by atoms with Crippen LogP contribution in [0.1, 0.15) is 34.7 Å². The molecule has 172 valence electrons. The summed E-state index contributed by atoms with van der Waals surface area (Å²) in [6.45, 7) is 6.89. The summed E-state index contributed by atoms with van der Waals surface area (Å²) in [4.78, 5) is 12.3. The number of aryl methyl sites for hydroxylation is 2. The number of nitrogens with one attached hydrogen (secondary N) is 1. The highest BCUT2D eigenvalue weighted by Crippen LogP contribution is 2.37. The molecule has 0 radical (unpaired) electrons. The third-order valence-corrected chi connectivity index (χ3v) is 6.19. The van der Waals surface area contributed by atoms with E-state index in [0.717, 1.165) is 26.7 Å². The van der Waals surface area contributed by atoms with Crippen LogP contribution in [0.5, 0.6) is 11.5 Å². The molecule has 0 aliphatic carbocycles. The molecule has 0 atom stereocenters. The number of hydrazone groups is 1. The summed E-state index contributed by atoms with van der Waals surface area (Å²) in [5, 5.41) is 4.12. The lowest BCUT2D eigenvalue weighted by atomic mass is 10.0. The summed E-state index contributed by atoms with van der Waals surface area (Å²) in [7, 11) is 0. The van der Waals surface area contributed by atoms with E-state index in [0.29, 0.717) is 24.7 Å². The van der Waals surface area contributed by atoms with Crippen LogP contribution in [0.25, 0.3) is 0 Å². The lowest BCUT2D eigenvalue weighted by molar-refractivity contribution is -0.120. The Morgan fingerprint density at radius 1 is 1.09 bits per heavy atom. The van der Waals surface area contributed by atoms with Crippen LogP contribution < -0.4 is 14.9 Å². The van der Waals surface area contributed by atoms with Crippen LogP contribution in [0, 0.1) is 17.4 Å². The van der Waals surface area contributed by atoms with Gasteiger partial charge in [0.25, 0.3) is 0 Å². The van der Waals surface area contributed by atoms with Crippen LogP contribution in [0.3, 0.4) is 0 Å². The fourth-order valence-corrected chi connectivity index (χ4v) is 4.17. The van der Waals surface area contributed by atoms with Crippen molar-refractivity contribution in [3.8, 4) is 11.5 Å². The van der Waals surface area contributed by atoms with E-state index >= 15 is 0 Å². The summed E-state index contributed by atoms with van der Waals surface area (Å²) in [6.07, 6.45) is 1.87. The van der Waals surface area contributed by atoms with Gasteiger partial charge in [-0.3, -0.25) is 4.79 Å². The Labute approximate surface area is 216 Å². The fourth-order valence-electron chi connectivity index (χ4n) is 3.24. The molecule has 3 aromatic rings. The Bertz CT molecular complexity index is 1150. The zero-order valence-corrected chi connectivity index (χ0v) is 22.6. The zero-order valence-electron chi connectivity index (χ0n) is 18.8. The van der Waals surface area contributed by atoms with Gasteiger partial charge >= 0.3 is 0 Å². The number of ether oxygens (including phenoxy) is 2. The first-order valence-corrected chi connectivity index (χ1v) is 12.4. The van der Waals surface area contributed by atoms with Crippen molar-refractivity contribution in [2.24, 2.45) is 5.10 Å². The van der Waals surface area contributed by atoms with Gasteiger partial charge in [0.1, 0.15) is 6.61 Å². The number of rotatable bonds is 9. The van der Waals surface area contributed by atoms with Crippen LogP contribution in [0.2, 0.25) is 0 Å². The predicted molar refractivity (Wildman–Crippen MR) is 144 cm³/mol. The number of amides is 1. The van der Waals surface area contributed by atoms with Gasteiger partial charge < -0.3 is 9.47 Å². The minimum absolute atomic E-state index is 0.167. The molecule has 0 fully saturated rings. The van der Waals surface area contributed by atoms with Gasteiger partial charge in [0.2, 0.25) is 5.91 Å². The van der Waals surface area contributed by atoms with Crippen molar-refractivity contribution in [3.05, 3.63) is 90.5 Å². The minimum atomic E-state index is -0.167. The third kappa shape index (κ3) is 7.57. The molecule has 1 N–H and O–H groups in total. The van der Waals surface area contributed by atoms with Crippen molar-refractivity contribution < 1.29 is 14.3 Å². The molecule has 1 amide bonds. The number of carbonyl (C=O) groups excluding carboxylic acids is 1. The number of carbonyl (C=O) groups is 1. The first-order chi connectivity index (χ1) is 15.9. The highest BCUT2D eigenvalue weighted by atomic mass is 127. The maximum absolute atomic E-state index is 12.3. The Morgan fingerprint density at radius 2 is 1.85 bits per heavy atom. The van der Waals surface area contributed by atoms with Gasteiger partial charge in [0.05, 0.1) is 23.7 Å². The van der Waals surface area contributed by atoms with Crippen LogP contribution in [0.4, 0.5) is 0 Å². The lowest BCUT2D eigenvalue weighted by Crippen LogP contribution is -2.20. The predicted octanol–water partition coefficient (Wildman–Crippen LogP) is 6.34. The fraction of sp³-hybridized carbons (Fsp3) is 0.231. The summed E-state index contributed by atoms with van der Waals surface area (Å²) >= 11 is 5.85. The molecule has 0 heterocycles. The number of benzene rings is 3. The molecule has 5 nitrogen and oxygen atoms in total. The molecule has 3 rings (SSSR count). The maximum atomic E-state index is 12.3. The normalized spacial score (nSPS) is 10.9. The van der Waals surface area contributed by atoms with Crippen molar-refractivity contribution in [1.82, 2.24) is 5.43 Å². The summed E-state index contributed by atoms with van der Waals surface area (Å²) in [6, 6.07) is 18.0. The van der Waals surface area contributed by atoms with E-state index in [1.54, 1.807) is 6.21 Å². The van der Waals surface area contributed by atoms with Crippen LogP contribution in [-0.4, -0.2) is 18.7 Å². The Hall–Kier alpha value is -2.39. The lowest BCUT2D eigenvalue weighted by Gasteiger charge is -2.14. The van der Waals surface area contributed by atoms with Crippen LogP contribution >= 0.6 is 38.5 Å². The summed E-state index contributed by atoms with van der Waals surface area (Å²) in [5.74, 6) is 1.08. The van der Waals surface area contributed by atoms with E-state index in [4.69, 9.17) is 9.47 Å². The molecule has 0 aliphatic rings. The van der Waals surface area contributed by atoms with E-state index in [1.165, 1.54) is 9.13 Å². The average molecular weight is 621 g/mol.